The lowest BCUT2D eigenvalue weighted by atomic mass is 10.1. The second kappa shape index (κ2) is 5.19. The number of hydrogen-bond donors (Lipinski definition) is 1. The third kappa shape index (κ3) is 3.08. The first-order valence-corrected chi connectivity index (χ1v) is 5.94. The molecule has 0 bridgehead atoms. The van der Waals surface area contributed by atoms with E-state index >= 15 is 0 Å². The molecule has 0 unspecified atom stereocenters. The van der Waals surface area contributed by atoms with Gasteiger partial charge in [0.25, 0.3) is 5.91 Å². The Balaban J connectivity index is 2.21. The largest absolute Gasteiger partial charge is 0.321 e. The number of halogens is 1. The van der Waals surface area contributed by atoms with Crippen molar-refractivity contribution in [3.8, 4) is 0 Å². The van der Waals surface area contributed by atoms with Crippen LogP contribution in [0.5, 0.6) is 0 Å². The van der Waals surface area contributed by atoms with Crippen LogP contribution in [-0.2, 0) is 0 Å². The summed E-state index contributed by atoms with van der Waals surface area (Å²) in [4.78, 5) is 15.9. The van der Waals surface area contributed by atoms with Gasteiger partial charge in [-0.2, -0.15) is 0 Å². The van der Waals surface area contributed by atoms with Crippen molar-refractivity contribution in [1.29, 1.82) is 0 Å². The third-order valence-electron chi connectivity index (χ3n) is 2.43. The SMILES string of the molecule is Cc1cc(C)cc(NC(=O)c2cccc(Cl)n2)c1. The highest BCUT2D eigenvalue weighted by Crippen LogP contribution is 2.15. The van der Waals surface area contributed by atoms with E-state index < -0.39 is 0 Å². The van der Waals surface area contributed by atoms with Crippen molar-refractivity contribution in [2.45, 2.75) is 13.8 Å². The first-order chi connectivity index (χ1) is 8.54. The van der Waals surface area contributed by atoms with Crippen LogP contribution in [0.1, 0.15) is 21.6 Å². The van der Waals surface area contributed by atoms with E-state index in [2.05, 4.69) is 10.3 Å². The van der Waals surface area contributed by atoms with E-state index in [1.807, 2.05) is 32.0 Å². The standard InChI is InChI=1S/C14H13ClN2O/c1-9-6-10(2)8-11(7-9)16-14(18)12-4-3-5-13(15)17-12/h3-8H,1-2H3,(H,16,18). The van der Waals surface area contributed by atoms with Crippen LogP contribution in [0.4, 0.5) is 5.69 Å². The highest BCUT2D eigenvalue weighted by atomic mass is 35.5. The number of nitrogens with one attached hydrogen (secondary N) is 1. The minimum Gasteiger partial charge on any atom is -0.321 e. The van der Waals surface area contributed by atoms with E-state index in [0.29, 0.717) is 10.8 Å². The predicted octanol–water partition coefficient (Wildman–Crippen LogP) is 3.60. The van der Waals surface area contributed by atoms with Gasteiger partial charge in [-0.3, -0.25) is 4.79 Å². The van der Waals surface area contributed by atoms with Gasteiger partial charge in [-0.15, -0.1) is 0 Å². The summed E-state index contributed by atoms with van der Waals surface area (Å²) >= 11 is 5.75. The molecule has 1 aromatic heterocycles. The van der Waals surface area contributed by atoms with Crippen LogP contribution in [0.15, 0.2) is 36.4 Å². The van der Waals surface area contributed by atoms with Gasteiger partial charge in [0.15, 0.2) is 0 Å². The van der Waals surface area contributed by atoms with Crippen molar-refractivity contribution in [3.05, 3.63) is 58.4 Å². The number of amides is 1. The van der Waals surface area contributed by atoms with Gasteiger partial charge in [-0.1, -0.05) is 23.7 Å². The summed E-state index contributed by atoms with van der Waals surface area (Å²) in [6.45, 7) is 3.97. The fourth-order valence-electron chi connectivity index (χ4n) is 1.78. The Morgan fingerprint density at radius 1 is 1.17 bits per heavy atom. The maximum atomic E-state index is 12.0. The minimum absolute atomic E-state index is 0.262. The first kappa shape index (κ1) is 12.6. The molecule has 2 aromatic rings. The van der Waals surface area contributed by atoms with Crippen LogP contribution in [0.2, 0.25) is 5.15 Å². The smallest absolute Gasteiger partial charge is 0.274 e. The number of carbonyl (C=O) groups excluding carboxylic acids is 1. The molecule has 1 amide bonds. The Bertz CT molecular complexity index is 576. The molecule has 4 heteroatoms. The molecule has 3 nitrogen and oxygen atoms in total. The molecule has 0 radical (unpaired) electrons. The molecule has 0 saturated carbocycles. The fraction of sp³-hybridized carbons (Fsp3) is 0.143. The van der Waals surface area contributed by atoms with Crippen LogP contribution < -0.4 is 5.32 Å². The number of carbonyl (C=O) groups is 1. The summed E-state index contributed by atoms with van der Waals surface area (Å²) in [6, 6.07) is 10.8. The van der Waals surface area contributed by atoms with Gasteiger partial charge < -0.3 is 5.32 Å². The van der Waals surface area contributed by atoms with Crippen molar-refractivity contribution >= 4 is 23.2 Å². The maximum absolute atomic E-state index is 12.0. The lowest BCUT2D eigenvalue weighted by molar-refractivity contribution is 0.102. The molecule has 92 valence electrons. The predicted molar refractivity (Wildman–Crippen MR) is 73.1 cm³/mol. The summed E-state index contributed by atoms with van der Waals surface area (Å²) in [5, 5.41) is 3.12. The quantitative estimate of drug-likeness (QED) is 0.839. The summed E-state index contributed by atoms with van der Waals surface area (Å²) in [5.74, 6) is -0.262. The molecule has 0 aliphatic carbocycles. The van der Waals surface area contributed by atoms with Gasteiger partial charge >= 0.3 is 0 Å². The van der Waals surface area contributed by atoms with Crippen molar-refractivity contribution in [1.82, 2.24) is 4.98 Å². The molecular formula is C14H13ClN2O. The molecule has 1 aromatic carbocycles. The normalized spacial score (nSPS) is 10.2. The number of anilines is 1. The van der Waals surface area contributed by atoms with Gasteiger partial charge in [0, 0.05) is 5.69 Å². The van der Waals surface area contributed by atoms with Crippen LogP contribution in [0.3, 0.4) is 0 Å². The molecule has 0 spiro atoms. The zero-order valence-corrected chi connectivity index (χ0v) is 11.0. The molecule has 0 aliphatic heterocycles. The number of benzene rings is 1. The molecule has 0 fully saturated rings. The molecule has 0 saturated heterocycles. The molecule has 0 aliphatic rings. The Morgan fingerprint density at radius 3 is 2.44 bits per heavy atom. The Hall–Kier alpha value is -1.87. The highest BCUT2D eigenvalue weighted by molar-refractivity contribution is 6.29. The minimum atomic E-state index is -0.262. The summed E-state index contributed by atoms with van der Waals surface area (Å²) in [5.41, 5.74) is 3.27. The van der Waals surface area contributed by atoms with Crippen LogP contribution >= 0.6 is 11.6 Å². The van der Waals surface area contributed by atoms with Gasteiger partial charge in [0.2, 0.25) is 0 Å². The average Bonchev–Trinajstić information content (AvgIpc) is 2.27. The average molecular weight is 261 g/mol. The van der Waals surface area contributed by atoms with Crippen LogP contribution in [-0.4, -0.2) is 10.9 Å². The van der Waals surface area contributed by atoms with Crippen LogP contribution in [0, 0.1) is 13.8 Å². The summed E-state index contributed by atoms with van der Waals surface area (Å²) < 4.78 is 0. The number of nitrogens with zero attached hydrogens (tertiary/aromatic N) is 1. The lowest BCUT2D eigenvalue weighted by Crippen LogP contribution is -2.13. The topological polar surface area (TPSA) is 42.0 Å². The van der Waals surface area contributed by atoms with Crippen molar-refractivity contribution in [3.63, 3.8) is 0 Å². The lowest BCUT2D eigenvalue weighted by Gasteiger charge is -2.07. The molecule has 1 heterocycles. The van der Waals surface area contributed by atoms with E-state index in [9.17, 15) is 4.79 Å². The van der Waals surface area contributed by atoms with Crippen molar-refractivity contribution in [2.24, 2.45) is 0 Å². The van der Waals surface area contributed by atoms with Gasteiger partial charge in [-0.25, -0.2) is 4.98 Å². The van der Waals surface area contributed by atoms with E-state index in [4.69, 9.17) is 11.6 Å². The molecule has 0 atom stereocenters. The third-order valence-corrected chi connectivity index (χ3v) is 2.64. The maximum Gasteiger partial charge on any atom is 0.274 e. The number of rotatable bonds is 2. The second-order valence-electron chi connectivity index (χ2n) is 4.18. The van der Waals surface area contributed by atoms with Gasteiger partial charge in [-0.05, 0) is 49.2 Å². The van der Waals surface area contributed by atoms with Gasteiger partial charge in [0.05, 0.1) is 0 Å². The van der Waals surface area contributed by atoms with Crippen molar-refractivity contribution < 1.29 is 4.79 Å². The van der Waals surface area contributed by atoms with E-state index in [-0.39, 0.29) is 5.91 Å². The number of pyridine rings is 1. The number of aromatic nitrogens is 1. The summed E-state index contributed by atoms with van der Waals surface area (Å²) in [6.07, 6.45) is 0. The Kier molecular flexibility index (Phi) is 3.63. The summed E-state index contributed by atoms with van der Waals surface area (Å²) in [7, 11) is 0. The Labute approximate surface area is 111 Å². The van der Waals surface area contributed by atoms with Crippen molar-refractivity contribution in [2.75, 3.05) is 5.32 Å². The van der Waals surface area contributed by atoms with E-state index in [1.165, 1.54) is 0 Å². The fourth-order valence-corrected chi connectivity index (χ4v) is 1.94. The zero-order chi connectivity index (χ0) is 13.1. The molecule has 1 N–H and O–H groups in total. The van der Waals surface area contributed by atoms with Gasteiger partial charge in [0.1, 0.15) is 10.8 Å². The zero-order valence-electron chi connectivity index (χ0n) is 10.2. The molecule has 18 heavy (non-hydrogen) atoms. The second-order valence-corrected chi connectivity index (χ2v) is 4.56. The number of hydrogen-bond acceptors (Lipinski definition) is 2. The molecular weight excluding hydrogens is 248 g/mol. The van der Waals surface area contributed by atoms with Crippen LogP contribution in [0.25, 0.3) is 0 Å². The number of aryl methyl sites for hydroxylation is 2. The monoisotopic (exact) mass is 260 g/mol. The van der Waals surface area contributed by atoms with E-state index in [1.54, 1.807) is 18.2 Å². The highest BCUT2D eigenvalue weighted by Gasteiger charge is 2.08. The first-order valence-electron chi connectivity index (χ1n) is 5.57. The Morgan fingerprint density at radius 2 is 1.83 bits per heavy atom. The molecule has 2 rings (SSSR count). The van der Waals surface area contributed by atoms with E-state index in [0.717, 1.165) is 16.8 Å².